The zero-order valence-electron chi connectivity index (χ0n) is 7.77. The molecule has 0 spiro atoms. The molecule has 0 bridgehead atoms. The van der Waals surface area contributed by atoms with Crippen LogP contribution in [0.1, 0.15) is 25.7 Å². The molecule has 2 unspecified atom stereocenters. The van der Waals surface area contributed by atoms with Gasteiger partial charge in [-0.25, -0.2) is 0 Å². The summed E-state index contributed by atoms with van der Waals surface area (Å²) in [5, 5.41) is 0. The van der Waals surface area contributed by atoms with Crippen molar-refractivity contribution >= 4 is 11.9 Å². The second kappa shape index (κ2) is 4.92. The Bertz CT molecular complexity index is 207. The van der Waals surface area contributed by atoms with Gasteiger partial charge in [0.25, 0.3) is 0 Å². The summed E-state index contributed by atoms with van der Waals surface area (Å²) in [5.41, 5.74) is 0. The first kappa shape index (κ1) is 10.9. The number of hydrogen-bond donors (Lipinski definition) is 2. The van der Waals surface area contributed by atoms with E-state index in [1.54, 1.807) is 0 Å². The van der Waals surface area contributed by atoms with Crippen LogP contribution in [0, 0.1) is 11.8 Å². The summed E-state index contributed by atoms with van der Waals surface area (Å²) in [6, 6.07) is 0. The first-order valence-corrected chi connectivity index (χ1v) is 4.52. The van der Waals surface area contributed by atoms with Gasteiger partial charge in [0.2, 0.25) is 0 Å². The summed E-state index contributed by atoms with van der Waals surface area (Å²) in [6.45, 7) is 0. The Balaban J connectivity index is 2.68. The van der Waals surface area contributed by atoms with Gasteiger partial charge in [0.1, 0.15) is 0 Å². The van der Waals surface area contributed by atoms with E-state index < -0.39 is 23.8 Å². The molecule has 6 heteroatoms. The molecule has 0 amide bonds. The van der Waals surface area contributed by atoms with E-state index in [0.717, 1.165) is 12.8 Å². The van der Waals surface area contributed by atoms with Gasteiger partial charge in [-0.2, -0.15) is 11.8 Å². The maximum atomic E-state index is 11.2. The van der Waals surface area contributed by atoms with Crippen molar-refractivity contribution in [2.75, 3.05) is 0 Å². The Morgan fingerprint density at radius 1 is 0.929 bits per heavy atom. The van der Waals surface area contributed by atoms with Crippen LogP contribution in [-0.2, 0) is 19.3 Å². The van der Waals surface area contributed by atoms with Crippen molar-refractivity contribution in [1.29, 1.82) is 0 Å². The van der Waals surface area contributed by atoms with E-state index in [-0.39, 0.29) is 0 Å². The topological polar surface area (TPSA) is 105 Å². The zero-order valence-corrected chi connectivity index (χ0v) is 7.77. The van der Waals surface area contributed by atoms with Crippen molar-refractivity contribution in [3.05, 3.63) is 0 Å². The second-order valence-electron chi connectivity index (χ2n) is 3.37. The maximum Gasteiger partial charge on any atom is 0.328 e. The molecule has 6 nitrogen and oxygen atoms in total. The van der Waals surface area contributed by atoms with E-state index in [2.05, 4.69) is 9.68 Å². The van der Waals surface area contributed by atoms with Gasteiger partial charge in [-0.15, -0.1) is 0 Å². The van der Waals surface area contributed by atoms with Crippen LogP contribution in [0.15, 0.2) is 0 Å². The van der Waals surface area contributed by atoms with Crippen LogP contribution in [0.5, 0.6) is 0 Å². The third-order valence-corrected chi connectivity index (χ3v) is 2.60. The van der Waals surface area contributed by atoms with E-state index in [1.165, 1.54) is 0 Å². The largest absolute Gasteiger partial charge is 0.373 e. The fourth-order valence-corrected chi connectivity index (χ4v) is 1.87. The fourth-order valence-electron chi connectivity index (χ4n) is 1.87. The predicted molar refractivity (Wildman–Crippen MR) is 46.0 cm³/mol. The van der Waals surface area contributed by atoms with Crippen LogP contribution in [0.25, 0.3) is 0 Å². The normalized spacial score (nSPS) is 26.7. The lowest BCUT2D eigenvalue weighted by molar-refractivity contribution is -0.163. The van der Waals surface area contributed by atoms with Crippen LogP contribution in [0.4, 0.5) is 0 Å². The molecule has 1 rings (SSSR count). The molecule has 0 aliphatic heterocycles. The number of rotatable bonds is 2. The summed E-state index contributed by atoms with van der Waals surface area (Å²) in [7, 11) is 0. The molecular formula is C8H14N2O4. The zero-order chi connectivity index (χ0) is 10.6. The molecule has 80 valence electrons. The lowest BCUT2D eigenvalue weighted by Crippen LogP contribution is -2.36. The minimum absolute atomic E-state index is 0.509. The van der Waals surface area contributed by atoms with Gasteiger partial charge < -0.3 is 9.68 Å². The predicted octanol–water partition coefficient (Wildman–Crippen LogP) is -0.373. The number of hydrogen-bond acceptors (Lipinski definition) is 6. The highest BCUT2D eigenvalue weighted by Crippen LogP contribution is 2.31. The summed E-state index contributed by atoms with van der Waals surface area (Å²) >= 11 is 0. The Morgan fingerprint density at radius 2 is 1.29 bits per heavy atom. The summed E-state index contributed by atoms with van der Waals surface area (Å²) in [6.07, 6.45) is 2.95. The van der Waals surface area contributed by atoms with Crippen molar-refractivity contribution in [1.82, 2.24) is 0 Å². The second-order valence-corrected chi connectivity index (χ2v) is 3.37. The Labute approximate surface area is 81.4 Å². The molecule has 2 atom stereocenters. The molecule has 0 aromatic rings. The average Bonchev–Trinajstić information content (AvgIpc) is 2.27. The van der Waals surface area contributed by atoms with Crippen LogP contribution in [-0.4, -0.2) is 11.9 Å². The van der Waals surface area contributed by atoms with E-state index >= 15 is 0 Å². The van der Waals surface area contributed by atoms with E-state index in [4.69, 9.17) is 11.8 Å². The minimum atomic E-state index is -0.569. The number of carbonyl (C=O) groups excluding carboxylic acids is 2. The molecular weight excluding hydrogens is 188 g/mol. The Hall–Kier alpha value is -1.14. The molecule has 4 N–H and O–H groups in total. The van der Waals surface area contributed by atoms with Gasteiger partial charge >= 0.3 is 11.9 Å². The van der Waals surface area contributed by atoms with Crippen LogP contribution >= 0.6 is 0 Å². The standard InChI is InChI=1S/C8H14N2O4/c9-13-7(11)5-3-1-2-4-6(5)8(12)14-10/h5-6H,1-4,9-10H2. The molecule has 14 heavy (non-hydrogen) atoms. The van der Waals surface area contributed by atoms with Crippen molar-refractivity contribution in [3.8, 4) is 0 Å². The molecule has 0 radical (unpaired) electrons. The maximum absolute atomic E-state index is 11.2. The van der Waals surface area contributed by atoms with Crippen molar-refractivity contribution in [3.63, 3.8) is 0 Å². The molecule has 0 heterocycles. The highest BCUT2D eigenvalue weighted by molar-refractivity contribution is 5.81. The minimum Gasteiger partial charge on any atom is -0.373 e. The van der Waals surface area contributed by atoms with Crippen LogP contribution in [0.3, 0.4) is 0 Å². The summed E-state index contributed by atoms with van der Waals surface area (Å²) in [4.78, 5) is 30.7. The van der Waals surface area contributed by atoms with E-state index in [9.17, 15) is 9.59 Å². The van der Waals surface area contributed by atoms with E-state index in [1.807, 2.05) is 0 Å². The number of nitrogens with two attached hydrogens (primary N) is 2. The molecule has 1 saturated carbocycles. The molecule has 1 fully saturated rings. The quantitative estimate of drug-likeness (QED) is 0.592. The molecule has 1 aliphatic carbocycles. The molecule has 0 aromatic carbocycles. The SMILES string of the molecule is NOC(=O)C1CCCCC1C(=O)ON. The van der Waals surface area contributed by atoms with Gasteiger partial charge in [-0.05, 0) is 12.8 Å². The van der Waals surface area contributed by atoms with Crippen molar-refractivity contribution in [2.45, 2.75) is 25.7 Å². The van der Waals surface area contributed by atoms with Gasteiger partial charge in [-0.3, -0.25) is 9.59 Å². The van der Waals surface area contributed by atoms with Gasteiger partial charge in [0.05, 0.1) is 11.8 Å². The number of carbonyl (C=O) groups is 2. The van der Waals surface area contributed by atoms with Gasteiger partial charge in [0.15, 0.2) is 0 Å². The first-order valence-electron chi connectivity index (χ1n) is 4.52. The summed E-state index contributed by atoms with van der Waals surface area (Å²) < 4.78 is 0. The highest BCUT2D eigenvalue weighted by atomic mass is 16.7. The average molecular weight is 202 g/mol. The fraction of sp³-hybridized carbons (Fsp3) is 0.750. The van der Waals surface area contributed by atoms with E-state index in [0.29, 0.717) is 12.8 Å². The van der Waals surface area contributed by atoms with Crippen LogP contribution < -0.4 is 11.8 Å². The third kappa shape index (κ3) is 2.21. The van der Waals surface area contributed by atoms with Crippen LogP contribution in [0.2, 0.25) is 0 Å². The van der Waals surface area contributed by atoms with Gasteiger partial charge in [0, 0.05) is 0 Å². The Morgan fingerprint density at radius 3 is 1.57 bits per heavy atom. The molecule has 0 aromatic heterocycles. The monoisotopic (exact) mass is 202 g/mol. The summed E-state index contributed by atoms with van der Waals surface area (Å²) in [5.74, 6) is 7.39. The van der Waals surface area contributed by atoms with Crippen molar-refractivity contribution < 1.29 is 19.3 Å². The lowest BCUT2D eigenvalue weighted by atomic mass is 9.79. The van der Waals surface area contributed by atoms with Crippen molar-refractivity contribution in [2.24, 2.45) is 23.6 Å². The lowest BCUT2D eigenvalue weighted by Gasteiger charge is -2.26. The molecule has 1 aliphatic rings. The Kier molecular flexibility index (Phi) is 3.84. The third-order valence-electron chi connectivity index (χ3n) is 2.60. The van der Waals surface area contributed by atoms with Gasteiger partial charge in [-0.1, -0.05) is 12.8 Å². The first-order chi connectivity index (χ1) is 6.70. The highest BCUT2D eigenvalue weighted by Gasteiger charge is 2.37. The smallest absolute Gasteiger partial charge is 0.328 e. The molecule has 0 saturated heterocycles.